The third kappa shape index (κ3) is 5.55. The fraction of sp³-hybridized carbons (Fsp3) is 0.259. The second-order valence-corrected chi connectivity index (χ2v) is 12.1. The molecule has 1 aliphatic heterocycles. The molecule has 4 rings (SSSR count). The number of benzene rings is 3. The van der Waals surface area contributed by atoms with Gasteiger partial charge in [0.15, 0.2) is 11.9 Å². The zero-order valence-electron chi connectivity index (χ0n) is 20.4. The second-order valence-electron chi connectivity index (χ2n) is 9.74. The summed E-state index contributed by atoms with van der Waals surface area (Å²) in [5.41, 5.74) is 2.74. The van der Waals surface area contributed by atoms with Crippen molar-refractivity contribution in [1.82, 2.24) is 0 Å². The molecule has 0 fully saturated rings. The monoisotopic (exact) mass is 526 g/mol. The number of nitrogens with zero attached hydrogens (tertiary/aromatic N) is 1. The molecule has 36 heavy (non-hydrogen) atoms. The van der Waals surface area contributed by atoms with Crippen LogP contribution in [-0.2, 0) is 20.2 Å². The van der Waals surface area contributed by atoms with E-state index in [1.165, 1.54) is 12.1 Å². The molecule has 1 heterocycles. The molecule has 1 amide bonds. The zero-order chi connectivity index (χ0) is 26.3. The van der Waals surface area contributed by atoms with E-state index >= 15 is 0 Å². The number of nitrogens with one attached hydrogen (secondary N) is 1. The maximum atomic E-state index is 13.0. The molecule has 0 aromatic heterocycles. The maximum Gasteiger partial charge on any atom is 0.267 e. The van der Waals surface area contributed by atoms with Gasteiger partial charge in [-0.15, -0.1) is 0 Å². The van der Waals surface area contributed by atoms with Crippen molar-refractivity contribution in [3.63, 3.8) is 0 Å². The number of anilines is 2. The second kappa shape index (κ2) is 9.59. The molecule has 188 valence electrons. The van der Waals surface area contributed by atoms with Crippen LogP contribution in [0.3, 0.4) is 0 Å². The first kappa shape index (κ1) is 25.7. The van der Waals surface area contributed by atoms with Gasteiger partial charge < -0.3 is 10.1 Å². The fourth-order valence-corrected chi connectivity index (χ4v) is 5.00. The molecule has 1 N–H and O–H groups in total. The summed E-state index contributed by atoms with van der Waals surface area (Å²) in [6.45, 7) is 6.11. The lowest BCUT2D eigenvalue weighted by Gasteiger charge is -2.34. The number of hydrogen-bond donors (Lipinski definition) is 1. The highest BCUT2D eigenvalue weighted by Gasteiger charge is 2.35. The average Bonchev–Trinajstić information content (AvgIpc) is 2.82. The number of sulfonamides is 1. The van der Waals surface area contributed by atoms with Crippen LogP contribution in [-0.4, -0.2) is 39.0 Å². The third-order valence-corrected chi connectivity index (χ3v) is 7.27. The summed E-state index contributed by atoms with van der Waals surface area (Å²) in [6, 6.07) is 18.6. The number of rotatable bonds is 5. The van der Waals surface area contributed by atoms with E-state index in [0.29, 0.717) is 21.8 Å². The van der Waals surface area contributed by atoms with Crippen molar-refractivity contribution in [2.24, 2.45) is 0 Å². The lowest BCUT2D eigenvalue weighted by atomic mass is 9.86. The van der Waals surface area contributed by atoms with E-state index in [2.05, 4.69) is 26.1 Å². The predicted octanol–water partition coefficient (Wildman–Crippen LogP) is 5.03. The Morgan fingerprint density at radius 1 is 1.00 bits per heavy atom. The van der Waals surface area contributed by atoms with Crippen LogP contribution in [0.5, 0.6) is 5.75 Å². The lowest BCUT2D eigenvalue weighted by Crippen LogP contribution is -2.48. The Balaban J connectivity index is 1.53. The summed E-state index contributed by atoms with van der Waals surface area (Å²) >= 11 is 6.03. The Morgan fingerprint density at radius 3 is 2.33 bits per heavy atom. The number of hydrogen-bond acceptors (Lipinski definition) is 5. The molecule has 0 aliphatic carbocycles. The molecule has 9 heteroatoms. The van der Waals surface area contributed by atoms with Crippen LogP contribution in [0.2, 0.25) is 5.02 Å². The van der Waals surface area contributed by atoms with Crippen molar-refractivity contribution in [3.8, 4) is 5.75 Å². The normalized spacial score (nSPS) is 15.6. The lowest BCUT2D eigenvalue weighted by molar-refractivity contribution is -0.122. The van der Waals surface area contributed by atoms with Gasteiger partial charge in [-0.25, -0.2) is 8.42 Å². The topological polar surface area (TPSA) is 92.8 Å². The van der Waals surface area contributed by atoms with Gasteiger partial charge in [-0.1, -0.05) is 68.8 Å². The number of carbonyl (C=O) groups is 2. The van der Waals surface area contributed by atoms with Crippen LogP contribution in [0.25, 0.3) is 0 Å². The van der Waals surface area contributed by atoms with Crippen LogP contribution >= 0.6 is 11.6 Å². The number of halogens is 1. The van der Waals surface area contributed by atoms with Gasteiger partial charge in [0.1, 0.15) is 5.75 Å². The molecule has 0 bridgehead atoms. The number of ketones is 1. The van der Waals surface area contributed by atoms with Crippen molar-refractivity contribution >= 4 is 44.7 Å². The first-order chi connectivity index (χ1) is 16.8. The SMILES string of the molecule is CC(C)(C)c1ccc(C(=O)c2cccc(NC(=O)[C@H]3CN(S(C)(=O)=O)c4cc(Cl)ccc4O3)c2)cc1. The highest BCUT2D eigenvalue weighted by atomic mass is 35.5. The van der Waals surface area contributed by atoms with E-state index in [4.69, 9.17) is 16.3 Å². The molecule has 0 saturated heterocycles. The molecule has 3 aromatic carbocycles. The smallest absolute Gasteiger partial charge is 0.267 e. The molecule has 7 nitrogen and oxygen atoms in total. The van der Waals surface area contributed by atoms with Gasteiger partial charge in [0.05, 0.1) is 18.5 Å². The van der Waals surface area contributed by atoms with Gasteiger partial charge in [0.25, 0.3) is 5.91 Å². The highest BCUT2D eigenvalue weighted by molar-refractivity contribution is 7.92. The van der Waals surface area contributed by atoms with Crippen LogP contribution in [0.15, 0.2) is 66.7 Å². The number of amides is 1. The molecule has 0 radical (unpaired) electrons. The van der Waals surface area contributed by atoms with Crippen LogP contribution in [0.4, 0.5) is 11.4 Å². The average molecular weight is 527 g/mol. The summed E-state index contributed by atoms with van der Waals surface area (Å²) in [7, 11) is -3.69. The van der Waals surface area contributed by atoms with E-state index < -0.39 is 22.0 Å². The summed E-state index contributed by atoms with van der Waals surface area (Å²) in [6.07, 6.45) is -0.0427. The quantitative estimate of drug-likeness (QED) is 0.470. The van der Waals surface area contributed by atoms with Crippen molar-refractivity contribution < 1.29 is 22.7 Å². The summed E-state index contributed by atoms with van der Waals surface area (Å²) < 4.78 is 31.6. The Labute approximate surface area is 216 Å². The van der Waals surface area contributed by atoms with E-state index in [-0.39, 0.29) is 29.2 Å². The minimum absolute atomic E-state index is 0.0214. The Kier molecular flexibility index (Phi) is 6.86. The number of ether oxygens (including phenoxy) is 1. The highest BCUT2D eigenvalue weighted by Crippen LogP contribution is 2.37. The zero-order valence-corrected chi connectivity index (χ0v) is 22.0. The molecular formula is C27H27ClN2O5S. The summed E-state index contributed by atoms with van der Waals surface area (Å²) in [5.74, 6) is -0.475. The van der Waals surface area contributed by atoms with Crippen LogP contribution in [0, 0.1) is 0 Å². The first-order valence-corrected chi connectivity index (χ1v) is 13.6. The van der Waals surface area contributed by atoms with Crippen LogP contribution in [0.1, 0.15) is 42.3 Å². The van der Waals surface area contributed by atoms with Crippen molar-refractivity contribution in [2.45, 2.75) is 32.3 Å². The van der Waals surface area contributed by atoms with Gasteiger partial charge >= 0.3 is 0 Å². The predicted molar refractivity (Wildman–Crippen MR) is 142 cm³/mol. The van der Waals surface area contributed by atoms with Gasteiger partial charge in [-0.05, 0) is 41.3 Å². The number of fused-ring (bicyclic) bond motifs is 1. The van der Waals surface area contributed by atoms with E-state index in [1.807, 2.05) is 12.1 Å². The van der Waals surface area contributed by atoms with E-state index in [1.54, 1.807) is 42.5 Å². The minimum Gasteiger partial charge on any atom is -0.476 e. The molecule has 3 aromatic rings. The molecule has 0 spiro atoms. The van der Waals surface area contributed by atoms with Crippen molar-refractivity contribution in [3.05, 3.63) is 88.4 Å². The Bertz CT molecular complexity index is 1430. The number of carbonyl (C=O) groups excluding carboxylic acids is 2. The largest absolute Gasteiger partial charge is 0.476 e. The van der Waals surface area contributed by atoms with Crippen molar-refractivity contribution in [2.75, 3.05) is 22.4 Å². The van der Waals surface area contributed by atoms with Crippen molar-refractivity contribution in [1.29, 1.82) is 0 Å². The standard InChI is InChI=1S/C27H27ClN2O5S/c1-27(2,3)19-10-8-17(9-11-19)25(31)18-6-5-7-21(14-18)29-26(32)24-16-30(36(4,33)34)22-15-20(28)12-13-23(22)35-24/h5-15,24H,16H2,1-4H3,(H,29,32)/t24-/m1/s1. The van der Waals surface area contributed by atoms with Gasteiger partial charge in [0, 0.05) is 21.8 Å². The molecule has 1 aliphatic rings. The Morgan fingerprint density at radius 2 is 1.69 bits per heavy atom. The Hall–Kier alpha value is -3.36. The fourth-order valence-electron chi connectivity index (χ4n) is 3.92. The van der Waals surface area contributed by atoms with Gasteiger partial charge in [-0.2, -0.15) is 0 Å². The van der Waals surface area contributed by atoms with E-state index in [9.17, 15) is 18.0 Å². The molecular weight excluding hydrogens is 500 g/mol. The molecule has 0 saturated carbocycles. The molecule has 1 atom stereocenters. The van der Waals surface area contributed by atoms with Crippen LogP contribution < -0.4 is 14.4 Å². The maximum absolute atomic E-state index is 13.0. The summed E-state index contributed by atoms with van der Waals surface area (Å²) in [5, 5.41) is 3.09. The van der Waals surface area contributed by atoms with E-state index in [0.717, 1.165) is 16.1 Å². The first-order valence-electron chi connectivity index (χ1n) is 11.3. The third-order valence-electron chi connectivity index (χ3n) is 5.89. The molecule has 0 unspecified atom stereocenters. The van der Waals surface area contributed by atoms with Gasteiger partial charge in [0.2, 0.25) is 10.0 Å². The van der Waals surface area contributed by atoms with Gasteiger partial charge in [-0.3, -0.25) is 13.9 Å². The summed E-state index contributed by atoms with van der Waals surface area (Å²) in [4.78, 5) is 26.1. The minimum atomic E-state index is -3.69.